The minimum atomic E-state index is -0.136. The monoisotopic (exact) mass is 486 g/mol. The number of likely N-dealkylation sites (tertiary alicyclic amines) is 1. The molecule has 0 radical (unpaired) electrons. The first-order valence-corrected chi connectivity index (χ1v) is 12.9. The molecule has 0 aliphatic carbocycles. The molecule has 0 spiro atoms. The number of likely N-dealkylation sites (N-methyl/N-ethyl adjacent to an activating group) is 1. The highest BCUT2D eigenvalue weighted by Gasteiger charge is 2.36. The number of amides is 1. The number of benzene rings is 3. The number of anilines is 1. The number of rotatable bonds is 11. The molecule has 4 rings (SSSR count). The third-order valence-corrected chi connectivity index (χ3v) is 6.88. The van der Waals surface area contributed by atoms with Crippen molar-refractivity contribution < 1.29 is 9.53 Å². The van der Waals surface area contributed by atoms with Gasteiger partial charge in [-0.15, -0.1) is 0 Å². The van der Waals surface area contributed by atoms with Gasteiger partial charge in [0.25, 0.3) is 0 Å². The van der Waals surface area contributed by atoms with Crippen molar-refractivity contribution in [3.8, 4) is 11.5 Å². The van der Waals surface area contributed by atoms with Crippen LogP contribution in [0.15, 0.2) is 78.9 Å². The molecule has 2 atom stereocenters. The van der Waals surface area contributed by atoms with Crippen LogP contribution >= 0.6 is 0 Å². The second kappa shape index (κ2) is 12.6. The molecule has 6 nitrogen and oxygen atoms in total. The third-order valence-electron chi connectivity index (χ3n) is 6.88. The van der Waals surface area contributed by atoms with E-state index in [1.54, 1.807) is 7.05 Å². The van der Waals surface area contributed by atoms with Gasteiger partial charge in [-0.2, -0.15) is 0 Å². The highest BCUT2D eigenvalue weighted by molar-refractivity contribution is 5.81. The van der Waals surface area contributed by atoms with E-state index in [0.717, 1.165) is 56.2 Å². The quantitative estimate of drug-likeness (QED) is 0.408. The lowest BCUT2D eigenvalue weighted by molar-refractivity contribution is -0.125. The fourth-order valence-corrected chi connectivity index (χ4v) is 4.91. The van der Waals surface area contributed by atoms with Gasteiger partial charge < -0.3 is 20.3 Å². The summed E-state index contributed by atoms with van der Waals surface area (Å²) in [6.45, 7) is 8.66. The normalized spacial score (nSPS) is 17.6. The van der Waals surface area contributed by atoms with Crippen LogP contribution in [-0.2, 0) is 17.9 Å². The Balaban J connectivity index is 1.37. The molecule has 0 saturated carbocycles. The molecule has 190 valence electrons. The molecule has 3 aromatic carbocycles. The van der Waals surface area contributed by atoms with Crippen LogP contribution in [0.4, 0.5) is 5.69 Å². The van der Waals surface area contributed by atoms with E-state index in [-0.39, 0.29) is 18.0 Å². The summed E-state index contributed by atoms with van der Waals surface area (Å²) in [5, 5.41) is 6.52. The number of hydrogen-bond donors (Lipinski definition) is 2. The predicted octanol–water partition coefficient (Wildman–Crippen LogP) is 4.80. The lowest BCUT2D eigenvalue weighted by Gasteiger charge is -2.24. The Hall–Kier alpha value is -3.35. The van der Waals surface area contributed by atoms with Crippen LogP contribution in [0.25, 0.3) is 0 Å². The molecule has 36 heavy (non-hydrogen) atoms. The van der Waals surface area contributed by atoms with Crippen molar-refractivity contribution in [2.24, 2.45) is 0 Å². The van der Waals surface area contributed by atoms with Gasteiger partial charge >= 0.3 is 0 Å². The van der Waals surface area contributed by atoms with Crippen molar-refractivity contribution in [1.29, 1.82) is 0 Å². The molecular formula is C30H38N4O2. The maximum atomic E-state index is 12.7. The number of hydrogen-bond acceptors (Lipinski definition) is 5. The molecule has 1 heterocycles. The van der Waals surface area contributed by atoms with Crippen molar-refractivity contribution in [2.45, 2.75) is 45.4 Å². The summed E-state index contributed by atoms with van der Waals surface area (Å²) in [5.41, 5.74) is 3.63. The smallest absolute Gasteiger partial charge is 0.237 e. The summed E-state index contributed by atoms with van der Waals surface area (Å²) in [5.74, 6) is 1.73. The first kappa shape index (κ1) is 25.7. The molecule has 0 aromatic heterocycles. The lowest BCUT2D eigenvalue weighted by atomic mass is 10.1. The Bertz CT molecular complexity index is 1100. The molecular weight excluding hydrogens is 448 g/mol. The van der Waals surface area contributed by atoms with Crippen LogP contribution in [0.1, 0.15) is 31.4 Å². The van der Waals surface area contributed by atoms with E-state index < -0.39 is 0 Å². The van der Waals surface area contributed by atoms with Crippen LogP contribution in [0.5, 0.6) is 11.5 Å². The first-order valence-electron chi connectivity index (χ1n) is 12.9. The minimum Gasteiger partial charge on any atom is -0.457 e. The molecule has 1 aliphatic heterocycles. The largest absolute Gasteiger partial charge is 0.457 e. The van der Waals surface area contributed by atoms with Gasteiger partial charge in [0, 0.05) is 51.5 Å². The van der Waals surface area contributed by atoms with Crippen LogP contribution in [0, 0.1) is 0 Å². The van der Waals surface area contributed by atoms with Gasteiger partial charge in [-0.05, 0) is 67.8 Å². The SMILES string of the molecule is CCN(CC)c1ccc(CN2C[C@@H](NCc3cccc(Oc4ccccc4)c3)C[C@H]2C(=O)NC)cc1. The molecule has 0 bridgehead atoms. The number of nitrogens with zero attached hydrogens (tertiary/aromatic N) is 2. The Morgan fingerprint density at radius 3 is 2.36 bits per heavy atom. The minimum absolute atomic E-state index is 0.0809. The fraction of sp³-hybridized carbons (Fsp3) is 0.367. The fourth-order valence-electron chi connectivity index (χ4n) is 4.91. The summed E-state index contributed by atoms with van der Waals surface area (Å²) < 4.78 is 5.98. The maximum Gasteiger partial charge on any atom is 0.237 e. The summed E-state index contributed by atoms with van der Waals surface area (Å²) in [4.78, 5) is 17.3. The Morgan fingerprint density at radius 2 is 1.67 bits per heavy atom. The van der Waals surface area contributed by atoms with E-state index in [1.165, 1.54) is 11.3 Å². The first-order chi connectivity index (χ1) is 17.6. The molecule has 1 saturated heterocycles. The van der Waals surface area contributed by atoms with Crippen LogP contribution in [0.3, 0.4) is 0 Å². The molecule has 1 amide bonds. The van der Waals surface area contributed by atoms with Crippen molar-refractivity contribution in [3.63, 3.8) is 0 Å². The van der Waals surface area contributed by atoms with Crippen LogP contribution in [0.2, 0.25) is 0 Å². The van der Waals surface area contributed by atoms with Gasteiger partial charge in [0.05, 0.1) is 6.04 Å². The zero-order chi connectivity index (χ0) is 25.3. The molecule has 2 N–H and O–H groups in total. The van der Waals surface area contributed by atoms with E-state index in [2.05, 4.69) is 70.7 Å². The second-order valence-corrected chi connectivity index (χ2v) is 9.27. The molecule has 0 unspecified atom stereocenters. The lowest BCUT2D eigenvalue weighted by Crippen LogP contribution is -2.41. The average Bonchev–Trinajstić information content (AvgIpc) is 3.32. The highest BCUT2D eigenvalue weighted by Crippen LogP contribution is 2.24. The van der Waals surface area contributed by atoms with Gasteiger partial charge in [0.1, 0.15) is 11.5 Å². The van der Waals surface area contributed by atoms with Gasteiger partial charge in [-0.3, -0.25) is 9.69 Å². The standard InChI is InChI=1S/C30H38N4O2/c1-4-33(5-2)26-16-14-23(15-17-26)21-34-22-25(19-29(34)30(35)31-3)32-20-24-10-9-13-28(18-24)36-27-11-7-6-8-12-27/h6-18,25,29,32H,4-5,19-22H2,1-3H3,(H,31,35)/t25-,29-/m0/s1. The number of carbonyl (C=O) groups excluding carboxylic acids is 1. The average molecular weight is 487 g/mol. The maximum absolute atomic E-state index is 12.7. The second-order valence-electron chi connectivity index (χ2n) is 9.27. The van der Waals surface area contributed by atoms with E-state index in [1.807, 2.05) is 42.5 Å². The van der Waals surface area contributed by atoms with Crippen molar-refractivity contribution >= 4 is 11.6 Å². The number of carbonyl (C=O) groups is 1. The Morgan fingerprint density at radius 1 is 0.944 bits per heavy atom. The highest BCUT2D eigenvalue weighted by atomic mass is 16.5. The summed E-state index contributed by atoms with van der Waals surface area (Å²) in [6.07, 6.45) is 0.789. The zero-order valence-corrected chi connectivity index (χ0v) is 21.6. The summed E-state index contributed by atoms with van der Waals surface area (Å²) in [6, 6.07) is 26.8. The van der Waals surface area contributed by atoms with E-state index >= 15 is 0 Å². The summed E-state index contributed by atoms with van der Waals surface area (Å²) in [7, 11) is 1.72. The molecule has 1 aliphatic rings. The number of para-hydroxylation sites is 1. The van der Waals surface area contributed by atoms with Crippen molar-refractivity contribution in [2.75, 3.05) is 31.6 Å². The zero-order valence-electron chi connectivity index (χ0n) is 21.6. The van der Waals surface area contributed by atoms with Crippen LogP contribution < -0.4 is 20.3 Å². The van der Waals surface area contributed by atoms with E-state index in [9.17, 15) is 4.79 Å². The number of ether oxygens (including phenoxy) is 1. The predicted molar refractivity (Wildman–Crippen MR) is 146 cm³/mol. The Labute approximate surface area is 215 Å². The van der Waals surface area contributed by atoms with Crippen LogP contribution in [-0.4, -0.2) is 49.6 Å². The topological polar surface area (TPSA) is 56.8 Å². The van der Waals surface area contributed by atoms with Gasteiger partial charge in [-0.25, -0.2) is 0 Å². The third kappa shape index (κ3) is 6.65. The molecule has 6 heteroatoms. The number of nitrogens with one attached hydrogen (secondary N) is 2. The van der Waals surface area contributed by atoms with E-state index in [4.69, 9.17) is 4.74 Å². The van der Waals surface area contributed by atoms with Crippen molar-refractivity contribution in [1.82, 2.24) is 15.5 Å². The van der Waals surface area contributed by atoms with Gasteiger partial charge in [0.2, 0.25) is 5.91 Å². The van der Waals surface area contributed by atoms with Crippen molar-refractivity contribution in [3.05, 3.63) is 90.0 Å². The van der Waals surface area contributed by atoms with Gasteiger partial charge in [-0.1, -0.05) is 42.5 Å². The Kier molecular flexibility index (Phi) is 8.98. The van der Waals surface area contributed by atoms with Gasteiger partial charge in [0.15, 0.2) is 0 Å². The molecule has 1 fully saturated rings. The van der Waals surface area contributed by atoms with E-state index in [0.29, 0.717) is 0 Å². The molecule has 3 aromatic rings. The summed E-state index contributed by atoms with van der Waals surface area (Å²) >= 11 is 0.